The monoisotopic (exact) mass is 311 g/mol. The molecular weight excluding hydrogens is 299 g/mol. The molecule has 1 aromatic rings. The van der Waals surface area contributed by atoms with Crippen molar-refractivity contribution in [3.05, 3.63) is 11.1 Å². The highest BCUT2D eigenvalue weighted by atomic mass is 32.1. The Morgan fingerprint density at radius 1 is 1.55 bits per heavy atom. The average Bonchev–Trinajstić information content (AvgIpc) is 2.76. The Morgan fingerprint density at radius 3 is 2.60 bits per heavy atom. The Hall–Kier alpha value is -1.84. The Balaban J connectivity index is 2.62. The van der Waals surface area contributed by atoms with Crippen LogP contribution in [-0.2, 0) is 11.0 Å². The van der Waals surface area contributed by atoms with Crippen LogP contribution in [0, 0.1) is 5.92 Å². The van der Waals surface area contributed by atoms with Crippen LogP contribution in [0.2, 0.25) is 0 Å². The summed E-state index contributed by atoms with van der Waals surface area (Å²) in [4.78, 5) is 25.9. The van der Waals surface area contributed by atoms with Gasteiger partial charge in [0.1, 0.15) is 4.88 Å². The molecule has 0 saturated heterocycles. The topological polar surface area (TPSA) is 82.5 Å². The Bertz CT molecular complexity index is 503. The minimum Gasteiger partial charge on any atom is -0.481 e. The quantitative estimate of drug-likeness (QED) is 0.894. The van der Waals surface area contributed by atoms with E-state index in [4.69, 9.17) is 5.11 Å². The number of hydrogen-bond donors (Lipinski definition) is 2. The zero-order valence-electron chi connectivity index (χ0n) is 10.6. The highest BCUT2D eigenvalue weighted by Gasteiger charge is 2.33. The van der Waals surface area contributed by atoms with Crippen LogP contribution in [0.4, 0.5) is 23.1 Å². The molecule has 0 aliphatic heterocycles. The second-order valence-corrected chi connectivity index (χ2v) is 5.11. The molecule has 10 heteroatoms. The van der Waals surface area contributed by atoms with Crippen LogP contribution in [0.1, 0.15) is 11.8 Å². The van der Waals surface area contributed by atoms with Crippen molar-refractivity contribution in [1.29, 1.82) is 0 Å². The van der Waals surface area contributed by atoms with E-state index in [9.17, 15) is 22.8 Å². The fourth-order valence-corrected chi connectivity index (χ4v) is 1.89. The number of aliphatic carboxylic acids is 1. The Kier molecular flexibility index (Phi) is 4.93. The maximum Gasteiger partial charge on any atom is 0.427 e. The zero-order chi connectivity index (χ0) is 15.5. The number of thiazole rings is 1. The molecule has 1 atom stereocenters. The minimum absolute atomic E-state index is 0.0708. The third-order valence-corrected chi connectivity index (χ3v) is 3.27. The number of hydrogen-bond acceptors (Lipinski definition) is 4. The van der Waals surface area contributed by atoms with E-state index in [0.717, 1.165) is 4.90 Å². The summed E-state index contributed by atoms with van der Waals surface area (Å²) in [5.41, 5.74) is 0. The molecule has 1 rings (SSSR count). The maximum absolute atomic E-state index is 12.3. The number of amides is 2. The van der Waals surface area contributed by atoms with Gasteiger partial charge in [-0.1, -0.05) is 18.3 Å². The lowest BCUT2D eigenvalue weighted by Crippen LogP contribution is -2.36. The molecule has 20 heavy (non-hydrogen) atoms. The molecule has 2 N–H and O–H groups in total. The molecule has 0 bridgehead atoms. The molecule has 0 fully saturated rings. The summed E-state index contributed by atoms with van der Waals surface area (Å²) in [6.07, 6.45) is -3.88. The number of anilines is 1. The first-order valence-corrected chi connectivity index (χ1v) is 6.21. The lowest BCUT2D eigenvalue weighted by molar-refractivity contribution is -0.141. The van der Waals surface area contributed by atoms with E-state index >= 15 is 0 Å². The van der Waals surface area contributed by atoms with Gasteiger partial charge in [-0.25, -0.2) is 9.78 Å². The van der Waals surface area contributed by atoms with Gasteiger partial charge in [-0.2, -0.15) is 13.2 Å². The highest BCUT2D eigenvalue weighted by Crippen LogP contribution is 2.34. The summed E-state index contributed by atoms with van der Waals surface area (Å²) in [5, 5.41) is 10.7. The van der Waals surface area contributed by atoms with Gasteiger partial charge in [0, 0.05) is 13.6 Å². The van der Waals surface area contributed by atoms with E-state index < -0.39 is 29.0 Å². The predicted octanol–water partition coefficient (Wildman–Crippen LogP) is 2.35. The molecule has 2 amide bonds. The van der Waals surface area contributed by atoms with Crippen molar-refractivity contribution in [1.82, 2.24) is 9.88 Å². The smallest absolute Gasteiger partial charge is 0.427 e. The zero-order valence-corrected chi connectivity index (χ0v) is 11.4. The first-order chi connectivity index (χ1) is 9.11. The third kappa shape index (κ3) is 4.37. The number of aromatic nitrogens is 1. The second-order valence-electron chi connectivity index (χ2n) is 4.08. The van der Waals surface area contributed by atoms with Crippen molar-refractivity contribution in [2.24, 2.45) is 5.92 Å². The van der Waals surface area contributed by atoms with Gasteiger partial charge in [0.15, 0.2) is 5.13 Å². The standard InChI is InChI=1S/C10H12F3N3O3S/c1-5(7(17)18)4-16(2)9(19)15-8-14-3-6(20-8)10(11,12)13/h3,5H,4H2,1-2H3,(H,17,18)(H,14,15,19). The van der Waals surface area contributed by atoms with Gasteiger partial charge >= 0.3 is 18.2 Å². The molecule has 112 valence electrons. The van der Waals surface area contributed by atoms with Gasteiger partial charge < -0.3 is 10.0 Å². The van der Waals surface area contributed by atoms with Gasteiger partial charge in [0.2, 0.25) is 0 Å². The summed E-state index contributed by atoms with van der Waals surface area (Å²) in [5.74, 6) is -1.86. The largest absolute Gasteiger partial charge is 0.481 e. The number of carboxylic acid groups (broad SMARTS) is 1. The number of carbonyl (C=O) groups is 2. The maximum atomic E-state index is 12.3. The normalized spacial score (nSPS) is 12.8. The molecule has 1 aromatic heterocycles. The molecule has 0 aliphatic carbocycles. The van der Waals surface area contributed by atoms with Crippen molar-refractivity contribution in [3.63, 3.8) is 0 Å². The van der Waals surface area contributed by atoms with Gasteiger partial charge in [-0.05, 0) is 0 Å². The average molecular weight is 311 g/mol. The molecule has 6 nitrogen and oxygen atoms in total. The van der Waals surface area contributed by atoms with E-state index in [2.05, 4.69) is 10.3 Å². The molecule has 0 spiro atoms. The molecule has 0 saturated carbocycles. The summed E-state index contributed by atoms with van der Waals surface area (Å²) in [7, 11) is 1.34. The number of nitrogens with zero attached hydrogens (tertiary/aromatic N) is 2. The van der Waals surface area contributed by atoms with Crippen molar-refractivity contribution in [2.45, 2.75) is 13.1 Å². The molecule has 0 aromatic carbocycles. The van der Waals surface area contributed by atoms with Gasteiger partial charge in [0.25, 0.3) is 0 Å². The fourth-order valence-electron chi connectivity index (χ4n) is 1.22. The number of rotatable bonds is 4. The fraction of sp³-hybridized carbons (Fsp3) is 0.500. The van der Waals surface area contributed by atoms with Crippen molar-refractivity contribution in [3.8, 4) is 0 Å². The first kappa shape index (κ1) is 16.2. The number of halogens is 3. The number of nitrogens with one attached hydrogen (secondary N) is 1. The van der Waals surface area contributed by atoms with Crippen LogP contribution in [0.25, 0.3) is 0 Å². The van der Waals surface area contributed by atoms with E-state index in [1.807, 2.05) is 0 Å². The summed E-state index contributed by atoms with van der Waals surface area (Å²) >= 11 is 0.300. The SMILES string of the molecule is CC(CN(C)C(=O)Nc1ncc(C(F)(F)F)s1)C(=O)O. The highest BCUT2D eigenvalue weighted by molar-refractivity contribution is 7.15. The molecule has 1 heterocycles. The van der Waals surface area contributed by atoms with Crippen LogP contribution in [-0.4, -0.2) is 40.6 Å². The summed E-state index contributed by atoms with van der Waals surface area (Å²) in [6.45, 7) is 1.34. The van der Waals surface area contributed by atoms with Gasteiger partial charge in [0.05, 0.1) is 12.1 Å². The van der Waals surface area contributed by atoms with Gasteiger partial charge in [-0.3, -0.25) is 10.1 Å². The summed E-state index contributed by atoms with van der Waals surface area (Å²) < 4.78 is 37.0. The van der Waals surface area contributed by atoms with Crippen LogP contribution < -0.4 is 5.32 Å². The van der Waals surface area contributed by atoms with Crippen LogP contribution >= 0.6 is 11.3 Å². The van der Waals surface area contributed by atoms with E-state index in [-0.39, 0.29) is 11.7 Å². The van der Waals surface area contributed by atoms with E-state index in [0.29, 0.717) is 17.5 Å². The number of carboxylic acids is 1. The van der Waals surface area contributed by atoms with Crippen molar-refractivity contribution in [2.75, 3.05) is 18.9 Å². The molecule has 0 radical (unpaired) electrons. The minimum atomic E-state index is -4.51. The Morgan fingerprint density at radius 2 is 2.15 bits per heavy atom. The second kappa shape index (κ2) is 6.07. The van der Waals surface area contributed by atoms with E-state index in [1.165, 1.54) is 14.0 Å². The number of carbonyl (C=O) groups excluding carboxylic acids is 1. The van der Waals surface area contributed by atoms with Crippen LogP contribution in [0.5, 0.6) is 0 Å². The summed E-state index contributed by atoms with van der Waals surface area (Å²) in [6, 6.07) is -0.721. The third-order valence-electron chi connectivity index (χ3n) is 2.31. The van der Waals surface area contributed by atoms with Crippen LogP contribution in [0.3, 0.4) is 0 Å². The Labute approximate surface area is 116 Å². The molecule has 1 unspecified atom stereocenters. The predicted molar refractivity (Wildman–Crippen MR) is 65.6 cm³/mol. The lowest BCUT2D eigenvalue weighted by atomic mass is 10.2. The van der Waals surface area contributed by atoms with Gasteiger partial charge in [-0.15, -0.1) is 0 Å². The van der Waals surface area contributed by atoms with Crippen molar-refractivity contribution >= 4 is 28.5 Å². The first-order valence-electron chi connectivity index (χ1n) is 5.39. The number of alkyl halides is 3. The van der Waals surface area contributed by atoms with Crippen LogP contribution in [0.15, 0.2) is 6.20 Å². The molecule has 0 aliphatic rings. The van der Waals surface area contributed by atoms with Crippen molar-refractivity contribution < 1.29 is 27.9 Å². The van der Waals surface area contributed by atoms with E-state index in [1.54, 1.807) is 0 Å². The number of urea groups is 1. The molecular formula is C10H12F3N3O3S. The lowest BCUT2D eigenvalue weighted by Gasteiger charge is -2.19.